The second-order valence-corrected chi connectivity index (χ2v) is 4.06. The van der Waals surface area contributed by atoms with Crippen LogP contribution in [0.15, 0.2) is 0 Å². The molecule has 2 unspecified atom stereocenters. The summed E-state index contributed by atoms with van der Waals surface area (Å²) in [6.07, 6.45) is 0.765. The zero-order valence-corrected chi connectivity index (χ0v) is 7.92. The van der Waals surface area contributed by atoms with Crippen LogP contribution in [0.2, 0.25) is 0 Å². The number of thioether (sulfide) groups is 1. The van der Waals surface area contributed by atoms with Gasteiger partial charge in [0.1, 0.15) is 0 Å². The Hall–Kier alpha value is 0.230. The number of hydrogen-bond acceptors (Lipinski definition) is 4. The van der Waals surface area contributed by atoms with Crippen LogP contribution in [-0.2, 0) is 4.74 Å². The van der Waals surface area contributed by atoms with Crippen LogP contribution in [0.25, 0.3) is 0 Å². The lowest BCUT2D eigenvalue weighted by molar-refractivity contribution is 0.0671. The molecule has 12 heavy (non-hydrogen) atoms. The van der Waals surface area contributed by atoms with E-state index in [2.05, 4.69) is 0 Å². The molecule has 1 aliphatic heterocycles. The monoisotopic (exact) mass is 192 g/mol. The fraction of sp³-hybridized carbons (Fsp3) is 1.00. The van der Waals surface area contributed by atoms with Crippen LogP contribution in [-0.4, -0.2) is 47.6 Å². The molecular formula is C8H16O3S. The predicted octanol–water partition coefficient (Wildman–Crippen LogP) is 0.109. The highest BCUT2D eigenvalue weighted by Gasteiger charge is 2.24. The van der Waals surface area contributed by atoms with E-state index in [1.165, 1.54) is 0 Å². The molecule has 2 N–H and O–H groups in total. The van der Waals surface area contributed by atoms with Gasteiger partial charge in [0.15, 0.2) is 0 Å². The molecule has 4 heteroatoms. The number of hydrogen-bond donors (Lipinski definition) is 2. The van der Waals surface area contributed by atoms with Gasteiger partial charge in [0.05, 0.1) is 19.3 Å². The molecule has 0 aromatic heterocycles. The van der Waals surface area contributed by atoms with Crippen LogP contribution in [0.3, 0.4) is 0 Å². The third-order valence-corrected chi connectivity index (χ3v) is 3.27. The molecule has 2 atom stereocenters. The fourth-order valence-corrected chi connectivity index (χ4v) is 2.61. The average Bonchev–Trinajstić information content (AvgIpc) is 2.46. The van der Waals surface area contributed by atoms with Gasteiger partial charge in [-0.3, -0.25) is 0 Å². The molecule has 0 bridgehead atoms. The van der Waals surface area contributed by atoms with Gasteiger partial charge in [-0.2, -0.15) is 11.8 Å². The van der Waals surface area contributed by atoms with Gasteiger partial charge in [-0.1, -0.05) is 0 Å². The molecule has 1 heterocycles. The third-order valence-electron chi connectivity index (χ3n) is 2.03. The maximum atomic E-state index is 9.42. The van der Waals surface area contributed by atoms with Gasteiger partial charge in [-0.05, 0) is 18.1 Å². The summed E-state index contributed by atoms with van der Waals surface area (Å²) in [5, 5.41) is 17.9. The molecule has 0 aromatic carbocycles. The zero-order valence-electron chi connectivity index (χ0n) is 7.11. The second-order valence-electron chi connectivity index (χ2n) is 2.99. The van der Waals surface area contributed by atoms with Gasteiger partial charge >= 0.3 is 0 Å². The van der Waals surface area contributed by atoms with Gasteiger partial charge in [0.25, 0.3) is 0 Å². The molecule has 72 valence electrons. The van der Waals surface area contributed by atoms with Crippen molar-refractivity contribution < 1.29 is 14.9 Å². The van der Waals surface area contributed by atoms with Gasteiger partial charge in [0, 0.05) is 12.4 Å². The minimum absolute atomic E-state index is 0.0853. The Balaban J connectivity index is 1.98. The molecule has 0 saturated carbocycles. The van der Waals surface area contributed by atoms with Gasteiger partial charge in [-0.25, -0.2) is 0 Å². The highest BCUT2D eigenvalue weighted by molar-refractivity contribution is 7.99. The van der Waals surface area contributed by atoms with Crippen LogP contribution in [0.4, 0.5) is 0 Å². The normalized spacial score (nSPS) is 29.5. The van der Waals surface area contributed by atoms with Crippen molar-refractivity contribution in [1.82, 2.24) is 0 Å². The first-order valence-corrected chi connectivity index (χ1v) is 5.44. The van der Waals surface area contributed by atoms with Crippen molar-refractivity contribution >= 4 is 11.8 Å². The molecule has 3 nitrogen and oxygen atoms in total. The lowest BCUT2D eigenvalue weighted by atomic mass is 10.0. The lowest BCUT2D eigenvalue weighted by Gasteiger charge is -2.12. The first-order valence-electron chi connectivity index (χ1n) is 4.29. The zero-order chi connectivity index (χ0) is 8.81. The maximum Gasteiger partial charge on any atom is 0.0697 e. The van der Waals surface area contributed by atoms with E-state index >= 15 is 0 Å². The molecular weight excluding hydrogens is 176 g/mol. The molecule has 1 aliphatic rings. The van der Waals surface area contributed by atoms with Gasteiger partial charge in [-0.15, -0.1) is 0 Å². The SMILES string of the molecule is OCCOCCC1CSCC1O. The lowest BCUT2D eigenvalue weighted by Crippen LogP contribution is -2.19. The second kappa shape index (κ2) is 5.80. The Morgan fingerprint density at radius 3 is 2.75 bits per heavy atom. The first-order chi connectivity index (χ1) is 5.84. The van der Waals surface area contributed by atoms with Crippen molar-refractivity contribution in [2.75, 3.05) is 31.3 Å². The summed E-state index contributed by atoms with van der Waals surface area (Å²) in [6.45, 7) is 1.15. The summed E-state index contributed by atoms with van der Waals surface area (Å²) in [5.41, 5.74) is 0. The summed E-state index contributed by atoms with van der Waals surface area (Å²) in [5.74, 6) is 2.31. The van der Waals surface area contributed by atoms with Crippen molar-refractivity contribution in [3.05, 3.63) is 0 Å². The number of aliphatic hydroxyl groups is 2. The minimum Gasteiger partial charge on any atom is -0.394 e. The molecule has 0 aromatic rings. The minimum atomic E-state index is -0.146. The van der Waals surface area contributed by atoms with E-state index in [0.717, 1.165) is 17.9 Å². The van der Waals surface area contributed by atoms with Crippen LogP contribution in [0.5, 0.6) is 0 Å². The maximum absolute atomic E-state index is 9.42. The summed E-state index contributed by atoms with van der Waals surface area (Å²) >= 11 is 1.80. The molecule has 0 amide bonds. The van der Waals surface area contributed by atoms with E-state index in [-0.39, 0.29) is 12.7 Å². The standard InChI is InChI=1S/C8H16O3S/c9-2-4-11-3-1-7-5-12-6-8(7)10/h7-10H,1-6H2. The van der Waals surface area contributed by atoms with E-state index < -0.39 is 0 Å². The van der Waals surface area contributed by atoms with Gasteiger partial charge in [0.2, 0.25) is 0 Å². The average molecular weight is 192 g/mol. The highest BCUT2D eigenvalue weighted by atomic mass is 32.2. The van der Waals surface area contributed by atoms with E-state index in [0.29, 0.717) is 19.1 Å². The molecule has 1 fully saturated rings. The van der Waals surface area contributed by atoms with Crippen LogP contribution >= 0.6 is 11.8 Å². The molecule has 0 radical (unpaired) electrons. The Labute approximate surface area is 77.1 Å². The molecule has 1 rings (SSSR count). The van der Waals surface area contributed by atoms with Crippen molar-refractivity contribution in [2.45, 2.75) is 12.5 Å². The van der Waals surface area contributed by atoms with Crippen molar-refractivity contribution in [3.63, 3.8) is 0 Å². The third kappa shape index (κ3) is 3.31. The number of rotatable bonds is 5. The Kier molecular flexibility index (Phi) is 4.99. The number of ether oxygens (including phenoxy) is 1. The first kappa shape index (κ1) is 10.3. The van der Waals surface area contributed by atoms with E-state index in [4.69, 9.17) is 9.84 Å². The topological polar surface area (TPSA) is 49.7 Å². The van der Waals surface area contributed by atoms with Crippen molar-refractivity contribution in [2.24, 2.45) is 5.92 Å². The predicted molar refractivity (Wildman–Crippen MR) is 49.3 cm³/mol. The number of aliphatic hydroxyl groups excluding tert-OH is 2. The van der Waals surface area contributed by atoms with E-state index in [1.807, 2.05) is 0 Å². The summed E-state index contributed by atoms with van der Waals surface area (Å²) in [7, 11) is 0. The Morgan fingerprint density at radius 1 is 1.33 bits per heavy atom. The smallest absolute Gasteiger partial charge is 0.0697 e. The fourth-order valence-electron chi connectivity index (χ4n) is 1.26. The largest absolute Gasteiger partial charge is 0.394 e. The van der Waals surface area contributed by atoms with Crippen LogP contribution in [0.1, 0.15) is 6.42 Å². The van der Waals surface area contributed by atoms with E-state index in [1.54, 1.807) is 11.8 Å². The Morgan fingerprint density at radius 2 is 2.17 bits per heavy atom. The van der Waals surface area contributed by atoms with Gasteiger partial charge < -0.3 is 14.9 Å². The molecule has 1 saturated heterocycles. The summed E-state index contributed by atoms with van der Waals surface area (Å²) in [6, 6.07) is 0. The van der Waals surface area contributed by atoms with Crippen molar-refractivity contribution in [1.29, 1.82) is 0 Å². The van der Waals surface area contributed by atoms with Crippen LogP contribution in [0, 0.1) is 5.92 Å². The quantitative estimate of drug-likeness (QED) is 0.607. The molecule has 0 spiro atoms. The van der Waals surface area contributed by atoms with Crippen molar-refractivity contribution in [3.8, 4) is 0 Å². The summed E-state index contributed by atoms with van der Waals surface area (Å²) in [4.78, 5) is 0. The highest BCUT2D eigenvalue weighted by Crippen LogP contribution is 2.26. The Bertz CT molecular complexity index is 121. The molecule has 0 aliphatic carbocycles. The van der Waals surface area contributed by atoms with Crippen LogP contribution < -0.4 is 0 Å². The summed E-state index contributed by atoms with van der Waals surface area (Å²) < 4.78 is 5.12. The van der Waals surface area contributed by atoms with E-state index in [9.17, 15) is 5.11 Å².